The number of aromatic hydroxyl groups is 4. The molecule has 2 aromatic rings. The maximum absolute atomic E-state index is 11.9. The van der Waals surface area contributed by atoms with Gasteiger partial charge in [0, 0.05) is 11.6 Å². The van der Waals surface area contributed by atoms with Crippen molar-refractivity contribution in [3.05, 3.63) is 53.6 Å². The van der Waals surface area contributed by atoms with Gasteiger partial charge in [0.15, 0.2) is 17.3 Å². The van der Waals surface area contributed by atoms with Crippen LogP contribution in [0.4, 0.5) is 0 Å². The lowest BCUT2D eigenvalue weighted by molar-refractivity contribution is 0.104. The molecule has 0 aliphatic rings. The van der Waals surface area contributed by atoms with E-state index in [9.17, 15) is 20.1 Å². The molecule has 4 N–H and O–H groups in total. The van der Waals surface area contributed by atoms with Gasteiger partial charge in [0.05, 0.1) is 0 Å². The van der Waals surface area contributed by atoms with Gasteiger partial charge in [-0.25, -0.2) is 0 Å². The first-order chi connectivity index (χ1) is 9.45. The molecule has 102 valence electrons. The lowest BCUT2D eigenvalue weighted by Crippen LogP contribution is -1.93. The number of carbonyl (C=O) groups excluding carboxylic acids is 1. The smallest absolute Gasteiger partial charge is 0.186 e. The van der Waals surface area contributed by atoms with E-state index in [0.717, 1.165) is 6.07 Å². The van der Waals surface area contributed by atoms with Crippen LogP contribution in [0.25, 0.3) is 6.08 Å². The summed E-state index contributed by atoms with van der Waals surface area (Å²) in [5, 5.41) is 37.1. The lowest BCUT2D eigenvalue weighted by atomic mass is 10.1. The monoisotopic (exact) mass is 272 g/mol. The molecule has 0 atom stereocenters. The summed E-state index contributed by atoms with van der Waals surface area (Å²) >= 11 is 0. The first-order valence-electron chi connectivity index (χ1n) is 5.73. The van der Waals surface area contributed by atoms with Crippen molar-refractivity contribution in [1.29, 1.82) is 0 Å². The zero-order valence-corrected chi connectivity index (χ0v) is 10.3. The van der Waals surface area contributed by atoms with E-state index in [2.05, 4.69) is 0 Å². The molecule has 0 aliphatic carbocycles. The molecule has 2 aromatic carbocycles. The highest BCUT2D eigenvalue weighted by atomic mass is 16.3. The number of phenolic OH excluding ortho intramolecular Hbond substituents is 4. The van der Waals surface area contributed by atoms with Gasteiger partial charge >= 0.3 is 0 Å². The normalized spacial score (nSPS) is 10.8. The van der Waals surface area contributed by atoms with Gasteiger partial charge in [-0.05, 0) is 35.9 Å². The van der Waals surface area contributed by atoms with Crippen LogP contribution in [0.2, 0.25) is 0 Å². The van der Waals surface area contributed by atoms with Crippen LogP contribution in [0.3, 0.4) is 0 Å². The van der Waals surface area contributed by atoms with Crippen LogP contribution >= 0.6 is 0 Å². The summed E-state index contributed by atoms with van der Waals surface area (Å²) in [5.41, 5.74) is 0.666. The molecule has 20 heavy (non-hydrogen) atoms. The second-order valence-corrected chi connectivity index (χ2v) is 4.18. The van der Waals surface area contributed by atoms with Gasteiger partial charge in [0.2, 0.25) is 0 Å². The highest BCUT2D eigenvalue weighted by Gasteiger charge is 2.06. The molecule has 0 aliphatic heterocycles. The van der Waals surface area contributed by atoms with E-state index in [1.807, 2.05) is 0 Å². The Morgan fingerprint density at radius 2 is 1.50 bits per heavy atom. The second-order valence-electron chi connectivity index (χ2n) is 4.18. The zero-order chi connectivity index (χ0) is 14.7. The summed E-state index contributed by atoms with van der Waals surface area (Å²) in [6.07, 6.45) is 2.68. The van der Waals surface area contributed by atoms with Gasteiger partial charge in [-0.15, -0.1) is 0 Å². The topological polar surface area (TPSA) is 98.0 Å². The van der Waals surface area contributed by atoms with Crippen molar-refractivity contribution in [3.63, 3.8) is 0 Å². The van der Waals surface area contributed by atoms with Crippen molar-refractivity contribution < 1.29 is 25.2 Å². The maximum Gasteiger partial charge on any atom is 0.186 e. The molecular weight excluding hydrogens is 260 g/mol. The number of hydrogen-bond donors (Lipinski definition) is 4. The van der Waals surface area contributed by atoms with E-state index >= 15 is 0 Å². The minimum Gasteiger partial charge on any atom is -0.508 e. The molecule has 0 unspecified atom stereocenters. The van der Waals surface area contributed by atoms with E-state index in [4.69, 9.17) is 5.11 Å². The third kappa shape index (κ3) is 3.08. The quantitative estimate of drug-likeness (QED) is 0.391. The minimum atomic E-state index is -0.413. The van der Waals surface area contributed by atoms with Crippen LogP contribution in [0.5, 0.6) is 23.0 Å². The number of rotatable bonds is 3. The molecule has 2 rings (SSSR count). The Balaban J connectivity index is 2.22. The molecule has 0 aromatic heterocycles. The van der Waals surface area contributed by atoms with Crippen molar-refractivity contribution in [2.45, 2.75) is 0 Å². The SMILES string of the molecule is O=C(/C=C/c1ccc(O)c(O)c1)c1cc(O)cc(O)c1. The summed E-state index contributed by atoms with van der Waals surface area (Å²) < 4.78 is 0. The maximum atomic E-state index is 11.9. The van der Waals surface area contributed by atoms with Crippen LogP contribution in [0.1, 0.15) is 15.9 Å². The number of ketones is 1. The molecule has 5 nitrogen and oxygen atoms in total. The Labute approximate surface area is 114 Å². The van der Waals surface area contributed by atoms with Gasteiger partial charge in [-0.3, -0.25) is 4.79 Å². The standard InChI is InChI=1S/C15H12O5/c16-11-6-10(7-12(17)8-11)13(18)3-1-9-2-4-14(19)15(20)5-9/h1-8,16-17,19-20H/b3-1+. The van der Waals surface area contributed by atoms with Crippen LogP contribution in [-0.2, 0) is 0 Å². The summed E-state index contributed by atoms with van der Waals surface area (Å²) in [7, 11) is 0. The van der Waals surface area contributed by atoms with Crippen LogP contribution < -0.4 is 0 Å². The third-order valence-electron chi connectivity index (χ3n) is 2.61. The Kier molecular flexibility index (Phi) is 3.61. The number of allylic oxidation sites excluding steroid dienone is 1. The second kappa shape index (κ2) is 5.36. The molecule has 0 fully saturated rings. The Bertz CT molecular complexity index is 668. The van der Waals surface area contributed by atoms with Gasteiger partial charge in [-0.1, -0.05) is 12.1 Å². The number of hydrogen-bond acceptors (Lipinski definition) is 5. The first-order valence-corrected chi connectivity index (χ1v) is 5.73. The summed E-state index contributed by atoms with van der Waals surface area (Å²) in [5.74, 6) is -1.35. The van der Waals surface area contributed by atoms with Gasteiger partial charge in [0.25, 0.3) is 0 Å². The van der Waals surface area contributed by atoms with E-state index < -0.39 is 5.78 Å². The molecule has 0 spiro atoms. The predicted molar refractivity (Wildman–Crippen MR) is 72.9 cm³/mol. The third-order valence-corrected chi connectivity index (χ3v) is 2.61. The number of phenols is 4. The lowest BCUT2D eigenvalue weighted by Gasteiger charge is -2.00. The fraction of sp³-hybridized carbons (Fsp3) is 0. The van der Waals surface area contributed by atoms with Crippen molar-refractivity contribution in [1.82, 2.24) is 0 Å². The molecular formula is C15H12O5. The fourth-order valence-corrected chi connectivity index (χ4v) is 1.65. The minimum absolute atomic E-state index is 0.141. The highest BCUT2D eigenvalue weighted by molar-refractivity contribution is 6.07. The largest absolute Gasteiger partial charge is 0.508 e. The first kappa shape index (κ1) is 13.5. The van der Waals surface area contributed by atoms with Crippen molar-refractivity contribution >= 4 is 11.9 Å². The summed E-state index contributed by atoms with van der Waals surface area (Å²) in [6, 6.07) is 7.73. The highest BCUT2D eigenvalue weighted by Crippen LogP contribution is 2.25. The number of carbonyl (C=O) groups is 1. The molecule has 0 amide bonds. The summed E-state index contributed by atoms with van der Waals surface area (Å²) in [6.45, 7) is 0. The van der Waals surface area contributed by atoms with E-state index in [1.54, 1.807) is 0 Å². The van der Waals surface area contributed by atoms with Crippen molar-refractivity contribution in [2.24, 2.45) is 0 Å². The fourth-order valence-electron chi connectivity index (χ4n) is 1.65. The molecule has 0 bridgehead atoms. The van der Waals surface area contributed by atoms with Crippen molar-refractivity contribution in [2.75, 3.05) is 0 Å². The molecule has 5 heteroatoms. The van der Waals surface area contributed by atoms with Gasteiger partial charge < -0.3 is 20.4 Å². The van der Waals surface area contributed by atoms with Gasteiger partial charge in [-0.2, -0.15) is 0 Å². The van der Waals surface area contributed by atoms with E-state index in [0.29, 0.717) is 5.56 Å². The Morgan fingerprint density at radius 1 is 0.850 bits per heavy atom. The average Bonchev–Trinajstić information content (AvgIpc) is 2.38. The number of benzene rings is 2. The molecule has 0 saturated heterocycles. The van der Waals surface area contributed by atoms with Gasteiger partial charge in [0.1, 0.15) is 11.5 Å². The summed E-state index contributed by atoms with van der Waals surface area (Å²) in [4.78, 5) is 11.9. The van der Waals surface area contributed by atoms with Crippen LogP contribution in [-0.4, -0.2) is 26.2 Å². The van der Waals surface area contributed by atoms with Crippen LogP contribution in [0.15, 0.2) is 42.5 Å². The van der Waals surface area contributed by atoms with E-state index in [1.165, 1.54) is 42.5 Å². The van der Waals surface area contributed by atoms with E-state index in [-0.39, 0.29) is 28.6 Å². The van der Waals surface area contributed by atoms with Crippen LogP contribution in [0, 0.1) is 0 Å². The Morgan fingerprint density at radius 3 is 2.10 bits per heavy atom. The molecule has 0 heterocycles. The zero-order valence-electron chi connectivity index (χ0n) is 10.3. The molecule has 0 radical (unpaired) electrons. The Hall–Kier alpha value is -2.95. The molecule has 0 saturated carbocycles. The predicted octanol–water partition coefficient (Wildman–Crippen LogP) is 2.41. The average molecular weight is 272 g/mol. The van der Waals surface area contributed by atoms with Crippen molar-refractivity contribution in [3.8, 4) is 23.0 Å².